The summed E-state index contributed by atoms with van der Waals surface area (Å²) in [5, 5.41) is 10.8. The van der Waals surface area contributed by atoms with Crippen molar-refractivity contribution < 1.29 is 5.11 Å². The maximum atomic E-state index is 9.76. The predicted octanol–water partition coefficient (Wildman–Crippen LogP) is 4.37. The van der Waals surface area contributed by atoms with E-state index in [0.29, 0.717) is 15.6 Å². The number of phenolic OH excluding ortho intramolecular Hbond substituents is 1. The van der Waals surface area contributed by atoms with Crippen molar-refractivity contribution in [3.8, 4) is 16.9 Å². The van der Waals surface area contributed by atoms with Crippen LogP contribution in [0, 0.1) is 0 Å². The van der Waals surface area contributed by atoms with Crippen LogP contribution in [0.2, 0.25) is 10.0 Å². The van der Waals surface area contributed by atoms with Gasteiger partial charge in [-0.15, -0.1) is 0 Å². The molecule has 0 atom stereocenters. The second kappa shape index (κ2) is 4.13. The van der Waals surface area contributed by atoms with Gasteiger partial charge in [0.05, 0.1) is 5.02 Å². The Labute approximate surface area is 97.9 Å². The summed E-state index contributed by atoms with van der Waals surface area (Å²) in [5.74, 6) is 0.0986. The van der Waals surface area contributed by atoms with Crippen LogP contribution >= 0.6 is 23.2 Å². The lowest BCUT2D eigenvalue weighted by atomic mass is 10.1. The molecule has 1 nitrogen and oxygen atoms in total. The molecule has 0 saturated carbocycles. The molecule has 0 amide bonds. The van der Waals surface area contributed by atoms with Crippen molar-refractivity contribution in [1.29, 1.82) is 0 Å². The van der Waals surface area contributed by atoms with Gasteiger partial charge in [-0.05, 0) is 23.8 Å². The van der Waals surface area contributed by atoms with Crippen LogP contribution in [-0.4, -0.2) is 5.11 Å². The SMILES string of the molecule is Oc1c(Cl)cccc1-c1ccc(Cl)cc1. The highest BCUT2D eigenvalue weighted by atomic mass is 35.5. The number of aromatic hydroxyl groups is 1. The second-order valence-corrected chi connectivity index (χ2v) is 3.99. The zero-order valence-corrected chi connectivity index (χ0v) is 9.26. The molecule has 2 rings (SSSR count). The number of para-hydroxylation sites is 1. The normalized spacial score (nSPS) is 10.3. The van der Waals surface area contributed by atoms with Crippen LogP contribution in [0.3, 0.4) is 0 Å². The number of benzene rings is 2. The monoisotopic (exact) mass is 238 g/mol. The van der Waals surface area contributed by atoms with Crippen molar-refractivity contribution >= 4 is 23.2 Å². The Kier molecular flexibility index (Phi) is 2.85. The quantitative estimate of drug-likeness (QED) is 0.783. The highest BCUT2D eigenvalue weighted by Gasteiger charge is 2.06. The Morgan fingerprint density at radius 2 is 1.53 bits per heavy atom. The number of hydrogen-bond acceptors (Lipinski definition) is 1. The Morgan fingerprint density at radius 1 is 0.867 bits per heavy atom. The molecule has 0 saturated heterocycles. The molecule has 3 heteroatoms. The van der Waals surface area contributed by atoms with Crippen LogP contribution in [0.4, 0.5) is 0 Å². The smallest absolute Gasteiger partial charge is 0.141 e. The zero-order chi connectivity index (χ0) is 10.8. The third-order valence-electron chi connectivity index (χ3n) is 2.14. The lowest BCUT2D eigenvalue weighted by Crippen LogP contribution is -1.79. The average molecular weight is 239 g/mol. The van der Waals surface area contributed by atoms with Crippen molar-refractivity contribution in [2.24, 2.45) is 0 Å². The Bertz CT molecular complexity index is 477. The first-order valence-electron chi connectivity index (χ1n) is 4.42. The highest BCUT2D eigenvalue weighted by molar-refractivity contribution is 6.32. The first kappa shape index (κ1) is 10.3. The summed E-state index contributed by atoms with van der Waals surface area (Å²) in [7, 11) is 0. The van der Waals surface area contributed by atoms with Gasteiger partial charge in [-0.2, -0.15) is 0 Å². The molecule has 0 fully saturated rings. The van der Waals surface area contributed by atoms with Gasteiger partial charge < -0.3 is 5.11 Å². The molecule has 15 heavy (non-hydrogen) atoms. The minimum Gasteiger partial charge on any atom is -0.506 e. The fraction of sp³-hybridized carbons (Fsp3) is 0. The Hall–Kier alpha value is -1.18. The fourth-order valence-electron chi connectivity index (χ4n) is 1.38. The summed E-state index contributed by atoms with van der Waals surface area (Å²) >= 11 is 11.6. The van der Waals surface area contributed by atoms with Gasteiger partial charge in [0.15, 0.2) is 0 Å². The highest BCUT2D eigenvalue weighted by Crippen LogP contribution is 2.35. The topological polar surface area (TPSA) is 20.2 Å². The average Bonchev–Trinajstić information content (AvgIpc) is 2.24. The van der Waals surface area contributed by atoms with Gasteiger partial charge in [-0.3, -0.25) is 0 Å². The molecule has 0 spiro atoms. The molecule has 0 heterocycles. The molecule has 0 unspecified atom stereocenters. The van der Waals surface area contributed by atoms with Crippen LogP contribution < -0.4 is 0 Å². The van der Waals surface area contributed by atoms with E-state index in [-0.39, 0.29) is 5.75 Å². The Balaban J connectivity index is 2.54. The van der Waals surface area contributed by atoms with Crippen LogP contribution in [0.1, 0.15) is 0 Å². The number of halogens is 2. The minimum atomic E-state index is 0.0986. The number of phenols is 1. The molecule has 0 bridgehead atoms. The molecule has 2 aromatic rings. The van der Waals surface area contributed by atoms with Crippen molar-refractivity contribution in [2.75, 3.05) is 0 Å². The van der Waals surface area contributed by atoms with Gasteiger partial charge in [-0.1, -0.05) is 47.5 Å². The summed E-state index contributed by atoms with van der Waals surface area (Å²) in [6, 6.07) is 12.5. The maximum absolute atomic E-state index is 9.76. The van der Waals surface area contributed by atoms with E-state index in [2.05, 4.69) is 0 Å². The first-order chi connectivity index (χ1) is 7.18. The van der Waals surface area contributed by atoms with Gasteiger partial charge in [0.2, 0.25) is 0 Å². The molecular weight excluding hydrogens is 231 g/mol. The molecule has 0 aliphatic rings. The third kappa shape index (κ3) is 2.09. The van der Waals surface area contributed by atoms with Crippen LogP contribution in [0.5, 0.6) is 5.75 Å². The van der Waals surface area contributed by atoms with E-state index in [4.69, 9.17) is 23.2 Å². The molecule has 0 aliphatic heterocycles. The molecule has 0 aliphatic carbocycles. The van der Waals surface area contributed by atoms with Crippen LogP contribution in [-0.2, 0) is 0 Å². The summed E-state index contributed by atoms with van der Waals surface area (Å²) in [4.78, 5) is 0. The van der Waals surface area contributed by atoms with E-state index in [1.807, 2.05) is 18.2 Å². The van der Waals surface area contributed by atoms with E-state index in [0.717, 1.165) is 5.56 Å². The molecule has 76 valence electrons. The summed E-state index contributed by atoms with van der Waals surface area (Å²) in [6.07, 6.45) is 0. The Morgan fingerprint density at radius 3 is 2.20 bits per heavy atom. The van der Waals surface area contributed by atoms with Crippen molar-refractivity contribution in [1.82, 2.24) is 0 Å². The second-order valence-electron chi connectivity index (χ2n) is 3.14. The largest absolute Gasteiger partial charge is 0.506 e. The van der Waals surface area contributed by atoms with Gasteiger partial charge in [-0.25, -0.2) is 0 Å². The fourth-order valence-corrected chi connectivity index (χ4v) is 1.68. The van der Waals surface area contributed by atoms with Gasteiger partial charge in [0.25, 0.3) is 0 Å². The standard InChI is InChI=1S/C12H8Cl2O/c13-9-6-4-8(5-7-9)10-2-1-3-11(14)12(10)15/h1-7,15H. The molecule has 0 radical (unpaired) electrons. The zero-order valence-electron chi connectivity index (χ0n) is 7.74. The van der Waals surface area contributed by atoms with Gasteiger partial charge in [0, 0.05) is 10.6 Å². The summed E-state index contributed by atoms with van der Waals surface area (Å²) in [5.41, 5.74) is 1.60. The molecule has 0 aromatic heterocycles. The molecular formula is C12H8Cl2O. The van der Waals surface area contributed by atoms with Crippen molar-refractivity contribution in [2.45, 2.75) is 0 Å². The van der Waals surface area contributed by atoms with E-state index >= 15 is 0 Å². The van der Waals surface area contributed by atoms with E-state index in [1.54, 1.807) is 24.3 Å². The van der Waals surface area contributed by atoms with E-state index < -0.39 is 0 Å². The minimum absolute atomic E-state index is 0.0986. The van der Waals surface area contributed by atoms with Crippen molar-refractivity contribution in [3.05, 3.63) is 52.5 Å². The van der Waals surface area contributed by atoms with Crippen molar-refractivity contribution in [3.63, 3.8) is 0 Å². The van der Waals surface area contributed by atoms with Gasteiger partial charge >= 0.3 is 0 Å². The molecule has 1 N–H and O–H groups in total. The van der Waals surface area contributed by atoms with Crippen LogP contribution in [0.15, 0.2) is 42.5 Å². The lowest BCUT2D eigenvalue weighted by Gasteiger charge is -2.05. The third-order valence-corrected chi connectivity index (χ3v) is 2.70. The summed E-state index contributed by atoms with van der Waals surface area (Å²) < 4.78 is 0. The first-order valence-corrected chi connectivity index (χ1v) is 5.17. The number of hydrogen-bond donors (Lipinski definition) is 1. The van der Waals surface area contributed by atoms with Gasteiger partial charge in [0.1, 0.15) is 5.75 Å². The molecule has 2 aromatic carbocycles. The van der Waals surface area contributed by atoms with Crippen LogP contribution in [0.25, 0.3) is 11.1 Å². The predicted molar refractivity (Wildman–Crippen MR) is 63.6 cm³/mol. The number of rotatable bonds is 1. The maximum Gasteiger partial charge on any atom is 0.141 e. The lowest BCUT2D eigenvalue weighted by molar-refractivity contribution is 0.477. The van der Waals surface area contributed by atoms with E-state index in [9.17, 15) is 5.11 Å². The summed E-state index contributed by atoms with van der Waals surface area (Å²) in [6.45, 7) is 0. The van der Waals surface area contributed by atoms with E-state index in [1.165, 1.54) is 0 Å².